The number of phenolic OH excluding ortho intramolecular Hbond substituents is 1. The zero-order valence-electron chi connectivity index (χ0n) is 15.1. The number of aromatic amines is 1. The Kier molecular flexibility index (Phi) is 3.83. The Labute approximate surface area is 161 Å². The number of aromatic hydroxyl groups is 1. The SMILES string of the molecule is O=C(c1ccc(-c2cncc3[nH]cnc23)cc1)N1CCc2ccc(O)cc2C1. The number of hydrogen-bond donors (Lipinski definition) is 2. The number of H-pyrrole nitrogens is 1. The average molecular weight is 370 g/mol. The van der Waals surface area contributed by atoms with E-state index in [9.17, 15) is 9.90 Å². The molecule has 28 heavy (non-hydrogen) atoms. The molecule has 1 aliphatic heterocycles. The molecule has 6 nitrogen and oxygen atoms in total. The molecule has 1 amide bonds. The lowest BCUT2D eigenvalue weighted by molar-refractivity contribution is 0.0734. The molecular weight excluding hydrogens is 352 g/mol. The van der Waals surface area contributed by atoms with Crippen molar-refractivity contribution in [3.05, 3.63) is 77.9 Å². The summed E-state index contributed by atoms with van der Waals surface area (Å²) >= 11 is 0. The van der Waals surface area contributed by atoms with E-state index in [4.69, 9.17) is 0 Å². The van der Waals surface area contributed by atoms with Gasteiger partial charge in [0.25, 0.3) is 5.91 Å². The fourth-order valence-electron chi connectivity index (χ4n) is 3.77. The minimum absolute atomic E-state index is 0.00311. The van der Waals surface area contributed by atoms with Gasteiger partial charge >= 0.3 is 0 Å². The Balaban J connectivity index is 1.40. The van der Waals surface area contributed by atoms with Gasteiger partial charge in [0.2, 0.25) is 0 Å². The van der Waals surface area contributed by atoms with Crippen LogP contribution in [0.3, 0.4) is 0 Å². The standard InChI is InChI=1S/C22H18N4O2/c27-18-6-5-14-7-8-26(12-17(14)9-18)22(28)16-3-1-15(2-4-16)19-10-23-11-20-21(19)25-13-24-20/h1-6,9-11,13,27H,7-8,12H2,(H,24,25). The maximum absolute atomic E-state index is 12.9. The summed E-state index contributed by atoms with van der Waals surface area (Å²) in [4.78, 5) is 26.5. The number of hydrogen-bond acceptors (Lipinski definition) is 4. The van der Waals surface area contributed by atoms with Crippen LogP contribution in [0, 0.1) is 0 Å². The first-order chi connectivity index (χ1) is 13.7. The van der Waals surface area contributed by atoms with Gasteiger partial charge in [-0.1, -0.05) is 18.2 Å². The maximum Gasteiger partial charge on any atom is 0.254 e. The van der Waals surface area contributed by atoms with Gasteiger partial charge in [0.15, 0.2) is 0 Å². The van der Waals surface area contributed by atoms with E-state index >= 15 is 0 Å². The van der Waals surface area contributed by atoms with E-state index in [1.54, 1.807) is 30.9 Å². The van der Waals surface area contributed by atoms with Crippen LogP contribution < -0.4 is 0 Å². The molecule has 0 bridgehead atoms. The molecule has 0 saturated carbocycles. The minimum Gasteiger partial charge on any atom is -0.508 e. The Hall–Kier alpha value is -3.67. The van der Waals surface area contributed by atoms with E-state index in [0.717, 1.165) is 34.1 Å². The predicted molar refractivity (Wildman–Crippen MR) is 106 cm³/mol. The van der Waals surface area contributed by atoms with Crippen molar-refractivity contribution < 1.29 is 9.90 Å². The summed E-state index contributed by atoms with van der Waals surface area (Å²) < 4.78 is 0. The lowest BCUT2D eigenvalue weighted by Crippen LogP contribution is -2.35. The summed E-state index contributed by atoms with van der Waals surface area (Å²) in [5, 5.41) is 9.71. The first-order valence-electron chi connectivity index (χ1n) is 9.16. The normalized spacial score (nSPS) is 13.5. The van der Waals surface area contributed by atoms with Crippen LogP contribution in [0.4, 0.5) is 0 Å². The number of rotatable bonds is 2. The Morgan fingerprint density at radius 2 is 1.93 bits per heavy atom. The van der Waals surface area contributed by atoms with E-state index in [1.165, 1.54) is 5.56 Å². The highest BCUT2D eigenvalue weighted by Crippen LogP contribution is 2.27. The maximum atomic E-state index is 12.9. The van der Waals surface area contributed by atoms with Gasteiger partial charge in [-0.2, -0.15) is 0 Å². The summed E-state index contributed by atoms with van der Waals surface area (Å²) in [5.74, 6) is 0.232. The van der Waals surface area contributed by atoms with E-state index in [2.05, 4.69) is 15.0 Å². The fourth-order valence-corrected chi connectivity index (χ4v) is 3.77. The van der Waals surface area contributed by atoms with Gasteiger partial charge < -0.3 is 15.0 Å². The van der Waals surface area contributed by atoms with Crippen LogP contribution in [-0.4, -0.2) is 37.4 Å². The van der Waals surface area contributed by atoms with Crippen molar-refractivity contribution in [1.29, 1.82) is 0 Å². The van der Waals surface area contributed by atoms with E-state index in [-0.39, 0.29) is 11.7 Å². The van der Waals surface area contributed by atoms with Crippen molar-refractivity contribution in [2.45, 2.75) is 13.0 Å². The number of fused-ring (bicyclic) bond motifs is 2. The molecule has 2 aromatic heterocycles. The monoisotopic (exact) mass is 370 g/mol. The molecular formula is C22H18N4O2. The first-order valence-corrected chi connectivity index (χ1v) is 9.16. The molecule has 0 radical (unpaired) electrons. The molecule has 138 valence electrons. The van der Waals surface area contributed by atoms with Crippen LogP contribution in [0.15, 0.2) is 61.2 Å². The van der Waals surface area contributed by atoms with Gasteiger partial charge in [-0.25, -0.2) is 4.98 Å². The van der Waals surface area contributed by atoms with Crippen LogP contribution in [-0.2, 0) is 13.0 Å². The molecule has 2 aromatic carbocycles. The van der Waals surface area contributed by atoms with Gasteiger partial charge in [-0.15, -0.1) is 0 Å². The highest BCUT2D eigenvalue weighted by atomic mass is 16.3. The second kappa shape index (κ2) is 6.49. The quantitative estimate of drug-likeness (QED) is 0.566. The van der Waals surface area contributed by atoms with Crippen molar-refractivity contribution in [3.63, 3.8) is 0 Å². The molecule has 3 heterocycles. The Bertz CT molecular complexity index is 1180. The number of aromatic nitrogens is 3. The second-order valence-electron chi connectivity index (χ2n) is 6.99. The van der Waals surface area contributed by atoms with Gasteiger partial charge in [0, 0.05) is 30.4 Å². The number of pyridine rings is 1. The molecule has 0 aliphatic carbocycles. The minimum atomic E-state index is -0.00311. The summed E-state index contributed by atoms with van der Waals surface area (Å²) in [7, 11) is 0. The van der Waals surface area contributed by atoms with E-state index in [1.807, 2.05) is 35.2 Å². The lowest BCUT2D eigenvalue weighted by atomic mass is 9.98. The van der Waals surface area contributed by atoms with Crippen molar-refractivity contribution in [2.24, 2.45) is 0 Å². The number of nitrogens with zero attached hydrogens (tertiary/aromatic N) is 3. The molecule has 0 saturated heterocycles. The van der Waals surface area contributed by atoms with Crippen LogP contribution in [0.5, 0.6) is 5.75 Å². The fraction of sp³-hybridized carbons (Fsp3) is 0.136. The van der Waals surface area contributed by atoms with Crippen molar-refractivity contribution in [1.82, 2.24) is 19.9 Å². The van der Waals surface area contributed by atoms with Gasteiger partial charge in [0.1, 0.15) is 5.75 Å². The zero-order chi connectivity index (χ0) is 19.1. The van der Waals surface area contributed by atoms with Gasteiger partial charge in [-0.05, 0) is 47.4 Å². The van der Waals surface area contributed by atoms with Crippen LogP contribution in [0.2, 0.25) is 0 Å². The summed E-state index contributed by atoms with van der Waals surface area (Å²) in [6.45, 7) is 1.19. The van der Waals surface area contributed by atoms with E-state index in [0.29, 0.717) is 18.7 Å². The number of nitrogens with one attached hydrogen (secondary N) is 1. The molecule has 5 rings (SSSR count). The summed E-state index contributed by atoms with van der Waals surface area (Å²) in [5.41, 5.74) is 6.49. The Morgan fingerprint density at radius 3 is 2.79 bits per heavy atom. The smallest absolute Gasteiger partial charge is 0.254 e. The second-order valence-corrected chi connectivity index (χ2v) is 6.99. The third-order valence-electron chi connectivity index (χ3n) is 5.26. The van der Waals surface area contributed by atoms with Gasteiger partial charge in [0.05, 0.1) is 23.6 Å². The number of carbonyl (C=O) groups is 1. The molecule has 6 heteroatoms. The molecule has 0 unspecified atom stereocenters. The molecule has 2 N–H and O–H groups in total. The first kappa shape index (κ1) is 16.5. The largest absolute Gasteiger partial charge is 0.508 e. The number of imidazole rings is 1. The molecule has 0 fully saturated rings. The Morgan fingerprint density at radius 1 is 1.07 bits per heavy atom. The van der Waals surface area contributed by atoms with Crippen molar-refractivity contribution in [3.8, 4) is 16.9 Å². The molecule has 0 spiro atoms. The van der Waals surface area contributed by atoms with Crippen molar-refractivity contribution >= 4 is 16.9 Å². The third kappa shape index (κ3) is 2.79. The number of phenols is 1. The summed E-state index contributed by atoms with van der Waals surface area (Å²) in [6.07, 6.45) is 5.98. The predicted octanol–water partition coefficient (Wildman–Crippen LogP) is 3.53. The highest BCUT2D eigenvalue weighted by Gasteiger charge is 2.22. The zero-order valence-corrected chi connectivity index (χ0v) is 15.1. The average Bonchev–Trinajstić information content (AvgIpc) is 3.22. The van der Waals surface area contributed by atoms with Gasteiger partial charge in [-0.3, -0.25) is 9.78 Å². The molecule has 0 atom stereocenters. The molecule has 1 aliphatic rings. The van der Waals surface area contributed by atoms with E-state index < -0.39 is 0 Å². The summed E-state index contributed by atoms with van der Waals surface area (Å²) in [6, 6.07) is 12.9. The number of benzene rings is 2. The highest BCUT2D eigenvalue weighted by molar-refractivity contribution is 5.96. The molecule has 4 aromatic rings. The van der Waals surface area contributed by atoms with Crippen LogP contribution >= 0.6 is 0 Å². The number of amides is 1. The van der Waals surface area contributed by atoms with Crippen molar-refractivity contribution in [2.75, 3.05) is 6.54 Å². The number of carbonyl (C=O) groups excluding carboxylic acids is 1. The third-order valence-corrected chi connectivity index (χ3v) is 5.26. The topological polar surface area (TPSA) is 82.1 Å². The lowest BCUT2D eigenvalue weighted by Gasteiger charge is -2.29. The van der Waals surface area contributed by atoms with Crippen LogP contribution in [0.1, 0.15) is 21.5 Å². The van der Waals surface area contributed by atoms with Crippen LogP contribution in [0.25, 0.3) is 22.2 Å².